The lowest BCUT2D eigenvalue weighted by atomic mass is 10.0. The van der Waals surface area contributed by atoms with Crippen molar-refractivity contribution < 1.29 is 19.1 Å². The Kier molecular flexibility index (Phi) is 7.29. The lowest BCUT2D eigenvalue weighted by Gasteiger charge is -2.18. The number of nitrogens with one attached hydrogen (secondary N) is 1. The second-order valence-corrected chi connectivity index (χ2v) is 7.07. The van der Waals surface area contributed by atoms with E-state index in [0.29, 0.717) is 36.2 Å². The van der Waals surface area contributed by atoms with Gasteiger partial charge in [0.15, 0.2) is 17.3 Å². The van der Waals surface area contributed by atoms with Gasteiger partial charge in [-0.25, -0.2) is 0 Å². The Balaban J connectivity index is 1.74. The zero-order valence-electron chi connectivity index (χ0n) is 15.5. The fourth-order valence-electron chi connectivity index (χ4n) is 2.84. The topological polar surface area (TPSA) is 64.6 Å². The Morgan fingerprint density at radius 3 is 2.48 bits per heavy atom. The summed E-state index contributed by atoms with van der Waals surface area (Å²) in [7, 11) is 0. The summed E-state index contributed by atoms with van der Waals surface area (Å²) < 4.78 is 10.9. The Morgan fingerprint density at radius 1 is 1.04 bits per heavy atom. The van der Waals surface area contributed by atoms with Crippen LogP contribution in [0, 0.1) is 5.92 Å². The lowest BCUT2D eigenvalue weighted by molar-refractivity contribution is -0.121. The fraction of sp³-hybridized carbons (Fsp3) is 0.600. The maximum absolute atomic E-state index is 12.3. The highest BCUT2D eigenvalue weighted by molar-refractivity contribution is 5.98. The van der Waals surface area contributed by atoms with E-state index >= 15 is 0 Å². The summed E-state index contributed by atoms with van der Waals surface area (Å²) in [5.41, 5.74) is 0.557. The zero-order valence-corrected chi connectivity index (χ0v) is 15.5. The van der Waals surface area contributed by atoms with Crippen molar-refractivity contribution in [1.29, 1.82) is 0 Å². The van der Waals surface area contributed by atoms with E-state index in [-0.39, 0.29) is 30.6 Å². The molecule has 2 rings (SSSR count). The first-order valence-electron chi connectivity index (χ1n) is 9.18. The monoisotopic (exact) mass is 347 g/mol. The van der Waals surface area contributed by atoms with Crippen molar-refractivity contribution in [3.63, 3.8) is 0 Å². The van der Waals surface area contributed by atoms with E-state index in [2.05, 4.69) is 19.2 Å². The minimum atomic E-state index is -0.0667. The van der Waals surface area contributed by atoms with Crippen LogP contribution in [0.15, 0.2) is 18.2 Å². The van der Waals surface area contributed by atoms with E-state index in [0.717, 1.165) is 12.8 Å². The van der Waals surface area contributed by atoms with Crippen LogP contribution in [0.25, 0.3) is 0 Å². The molecule has 5 nitrogen and oxygen atoms in total. The molecule has 1 atom stereocenters. The van der Waals surface area contributed by atoms with E-state index in [1.165, 1.54) is 6.42 Å². The summed E-state index contributed by atoms with van der Waals surface area (Å²) in [4.78, 5) is 24.3. The lowest BCUT2D eigenvalue weighted by Crippen LogP contribution is -2.32. The molecule has 0 aromatic heterocycles. The summed E-state index contributed by atoms with van der Waals surface area (Å²) in [6.07, 6.45) is 3.66. The van der Waals surface area contributed by atoms with Crippen LogP contribution >= 0.6 is 0 Å². The highest BCUT2D eigenvalue weighted by Gasteiger charge is 2.16. The molecule has 138 valence electrons. The molecule has 1 N–H and O–H groups in total. The molecular formula is C20H29NO4. The second kappa shape index (κ2) is 9.44. The normalized spacial score (nSPS) is 14.2. The minimum absolute atomic E-state index is 0.0559. The highest BCUT2D eigenvalue weighted by atomic mass is 16.6. The van der Waals surface area contributed by atoms with Crippen LogP contribution in [0.5, 0.6) is 11.5 Å². The van der Waals surface area contributed by atoms with Crippen LogP contribution in [-0.2, 0) is 4.79 Å². The fourth-order valence-corrected chi connectivity index (χ4v) is 2.84. The molecule has 1 aromatic carbocycles. The molecule has 1 aliphatic rings. The number of Topliss-reactive ketones (excluding diaryl/α,β-unsaturated/α-hetero) is 1. The van der Waals surface area contributed by atoms with E-state index in [1.54, 1.807) is 18.2 Å². The molecule has 25 heavy (non-hydrogen) atoms. The molecule has 0 saturated heterocycles. The van der Waals surface area contributed by atoms with Gasteiger partial charge in [0.2, 0.25) is 5.91 Å². The quantitative estimate of drug-likeness (QED) is 0.691. The van der Waals surface area contributed by atoms with E-state index in [1.807, 2.05) is 6.92 Å². The number of carbonyl (C=O) groups is 2. The van der Waals surface area contributed by atoms with Crippen molar-refractivity contribution in [2.24, 2.45) is 5.92 Å². The molecular weight excluding hydrogens is 318 g/mol. The molecule has 5 heteroatoms. The third-order valence-corrected chi connectivity index (χ3v) is 4.27. The average molecular weight is 347 g/mol. The van der Waals surface area contributed by atoms with Crippen LogP contribution < -0.4 is 14.8 Å². The molecule has 0 aliphatic carbocycles. The van der Waals surface area contributed by atoms with Crippen molar-refractivity contribution >= 4 is 11.7 Å². The molecule has 1 amide bonds. The number of fused-ring (bicyclic) bond motifs is 1. The van der Waals surface area contributed by atoms with Crippen molar-refractivity contribution in [3.8, 4) is 11.5 Å². The SMILES string of the molecule is CC(C)CCCC(C)NC(=O)CCC(=O)c1ccc2c(c1)OCCO2. The Labute approximate surface area is 150 Å². The Bertz CT molecular complexity index is 597. The van der Waals surface area contributed by atoms with Gasteiger partial charge in [0.25, 0.3) is 0 Å². The molecule has 1 aliphatic heterocycles. The van der Waals surface area contributed by atoms with Gasteiger partial charge < -0.3 is 14.8 Å². The van der Waals surface area contributed by atoms with Gasteiger partial charge in [-0.3, -0.25) is 9.59 Å². The summed E-state index contributed by atoms with van der Waals surface area (Å²) >= 11 is 0. The Hall–Kier alpha value is -2.04. The number of benzene rings is 1. The molecule has 0 radical (unpaired) electrons. The number of ether oxygens (including phenoxy) is 2. The van der Waals surface area contributed by atoms with Crippen LogP contribution in [0.4, 0.5) is 0 Å². The maximum atomic E-state index is 12.3. The molecule has 1 aromatic rings. The predicted octanol–water partition coefficient (Wildman–Crippen LogP) is 3.75. The van der Waals surface area contributed by atoms with Gasteiger partial charge in [-0.2, -0.15) is 0 Å². The smallest absolute Gasteiger partial charge is 0.220 e. The largest absolute Gasteiger partial charge is 0.486 e. The van der Waals surface area contributed by atoms with Gasteiger partial charge in [-0.1, -0.05) is 26.7 Å². The summed E-state index contributed by atoms with van der Waals surface area (Å²) in [6.45, 7) is 7.43. The third-order valence-electron chi connectivity index (χ3n) is 4.27. The van der Waals surface area contributed by atoms with Crippen LogP contribution in [0.3, 0.4) is 0 Å². The number of amides is 1. The number of hydrogen-bond acceptors (Lipinski definition) is 4. The molecule has 1 unspecified atom stereocenters. The molecule has 1 heterocycles. The van der Waals surface area contributed by atoms with Crippen molar-refractivity contribution in [2.45, 2.75) is 58.9 Å². The van der Waals surface area contributed by atoms with Gasteiger partial charge in [0, 0.05) is 24.4 Å². The van der Waals surface area contributed by atoms with Crippen LogP contribution in [0.1, 0.15) is 63.2 Å². The van der Waals surface area contributed by atoms with E-state index < -0.39 is 0 Å². The molecule has 0 bridgehead atoms. The number of carbonyl (C=O) groups excluding carboxylic acids is 2. The van der Waals surface area contributed by atoms with Gasteiger partial charge in [0.1, 0.15) is 13.2 Å². The first kappa shape index (κ1) is 19.3. The molecule has 0 fully saturated rings. The van der Waals surface area contributed by atoms with Crippen molar-refractivity contribution in [3.05, 3.63) is 23.8 Å². The van der Waals surface area contributed by atoms with Crippen LogP contribution in [-0.4, -0.2) is 30.9 Å². The summed E-state index contributed by atoms with van der Waals surface area (Å²) in [5, 5.41) is 2.97. The average Bonchev–Trinajstić information content (AvgIpc) is 2.58. The maximum Gasteiger partial charge on any atom is 0.220 e. The van der Waals surface area contributed by atoms with Gasteiger partial charge >= 0.3 is 0 Å². The van der Waals surface area contributed by atoms with Crippen molar-refractivity contribution in [1.82, 2.24) is 5.32 Å². The standard InChI is InChI=1S/C20H29NO4/c1-14(2)5-4-6-15(3)21-20(23)10-8-17(22)16-7-9-18-19(13-16)25-12-11-24-18/h7,9,13-15H,4-6,8,10-12H2,1-3H3,(H,21,23). The summed E-state index contributed by atoms with van der Waals surface area (Å²) in [5.74, 6) is 1.82. The zero-order chi connectivity index (χ0) is 18.2. The molecule has 0 saturated carbocycles. The van der Waals surface area contributed by atoms with Gasteiger partial charge in [-0.05, 0) is 37.5 Å². The van der Waals surface area contributed by atoms with Gasteiger partial charge in [-0.15, -0.1) is 0 Å². The third kappa shape index (κ3) is 6.40. The van der Waals surface area contributed by atoms with Crippen molar-refractivity contribution in [2.75, 3.05) is 13.2 Å². The van der Waals surface area contributed by atoms with Crippen LogP contribution in [0.2, 0.25) is 0 Å². The number of hydrogen-bond donors (Lipinski definition) is 1. The van der Waals surface area contributed by atoms with Gasteiger partial charge in [0.05, 0.1) is 0 Å². The van der Waals surface area contributed by atoms with E-state index in [4.69, 9.17) is 9.47 Å². The second-order valence-electron chi connectivity index (χ2n) is 7.07. The molecule has 0 spiro atoms. The number of ketones is 1. The van der Waals surface area contributed by atoms with E-state index in [9.17, 15) is 9.59 Å². The first-order valence-corrected chi connectivity index (χ1v) is 9.18. The first-order chi connectivity index (χ1) is 12.0. The minimum Gasteiger partial charge on any atom is -0.486 e. The Morgan fingerprint density at radius 2 is 1.76 bits per heavy atom. The number of rotatable bonds is 9. The summed E-state index contributed by atoms with van der Waals surface area (Å²) in [6, 6.07) is 5.32. The predicted molar refractivity (Wildman–Crippen MR) is 97.3 cm³/mol. The highest BCUT2D eigenvalue weighted by Crippen LogP contribution is 2.31.